The molecule has 0 saturated heterocycles. The fourth-order valence-corrected chi connectivity index (χ4v) is 0.866. The van der Waals surface area contributed by atoms with Gasteiger partial charge in [0, 0.05) is 0 Å². The summed E-state index contributed by atoms with van der Waals surface area (Å²) >= 11 is 0. The van der Waals surface area contributed by atoms with E-state index in [0.29, 0.717) is 13.4 Å². The van der Waals surface area contributed by atoms with Crippen LogP contribution in [0.4, 0.5) is 0 Å². The van der Waals surface area contributed by atoms with Crippen LogP contribution >= 0.6 is 0 Å². The molecular weight excluding hydrogens is 176 g/mol. The van der Waals surface area contributed by atoms with E-state index in [0.717, 1.165) is 12.8 Å². The van der Waals surface area contributed by atoms with Crippen molar-refractivity contribution in [2.75, 3.05) is 13.4 Å². The Morgan fingerprint density at radius 3 is 2.64 bits per heavy atom. The fourth-order valence-electron chi connectivity index (χ4n) is 0.866. The van der Waals surface area contributed by atoms with Crippen LogP contribution in [0.2, 0.25) is 0 Å². The molecule has 82 valence electrons. The predicted octanol–water partition coefficient (Wildman–Crippen LogP) is 3.30. The number of hydrogen-bond donors (Lipinski definition) is 0. The van der Waals surface area contributed by atoms with Gasteiger partial charge in [0.2, 0.25) is 0 Å². The Bertz CT molecular complexity index is 150. The molecule has 0 bridgehead atoms. The highest BCUT2D eigenvalue weighted by Crippen LogP contribution is 1.96. The molecule has 2 nitrogen and oxygen atoms in total. The van der Waals surface area contributed by atoms with Crippen LogP contribution in [-0.4, -0.2) is 19.5 Å². The van der Waals surface area contributed by atoms with Crippen LogP contribution < -0.4 is 0 Å². The second-order valence-corrected chi connectivity index (χ2v) is 3.40. The first-order valence-electron chi connectivity index (χ1n) is 5.22. The van der Waals surface area contributed by atoms with Gasteiger partial charge >= 0.3 is 0 Å². The van der Waals surface area contributed by atoms with Crippen LogP contribution in [0.1, 0.15) is 33.1 Å². The molecule has 0 aliphatic heterocycles. The van der Waals surface area contributed by atoms with Crippen LogP contribution in [-0.2, 0) is 9.47 Å². The van der Waals surface area contributed by atoms with Gasteiger partial charge in [-0.25, -0.2) is 0 Å². The van der Waals surface area contributed by atoms with E-state index in [4.69, 9.17) is 9.47 Å². The molecule has 0 aliphatic carbocycles. The zero-order valence-electron chi connectivity index (χ0n) is 9.37. The van der Waals surface area contributed by atoms with E-state index in [9.17, 15) is 0 Å². The number of rotatable bonds is 9. The standard InChI is InChI=1S/C12H22O2/c1-4-5-6-7-8-9-10-13-11-14-12(2)3/h4,8-9,12H,1,5-7,10-11H2,2-3H3/b9-8+. The molecule has 0 aliphatic rings. The summed E-state index contributed by atoms with van der Waals surface area (Å²) in [6.07, 6.45) is 9.71. The molecule has 0 fully saturated rings. The van der Waals surface area contributed by atoms with Gasteiger partial charge in [0.1, 0.15) is 6.79 Å². The van der Waals surface area contributed by atoms with Gasteiger partial charge in [0.05, 0.1) is 12.7 Å². The van der Waals surface area contributed by atoms with Gasteiger partial charge in [-0.05, 0) is 33.1 Å². The summed E-state index contributed by atoms with van der Waals surface area (Å²) < 4.78 is 10.4. The van der Waals surface area contributed by atoms with E-state index in [2.05, 4.69) is 12.7 Å². The molecule has 0 unspecified atom stereocenters. The maximum atomic E-state index is 5.22. The minimum absolute atomic E-state index is 0.242. The third kappa shape index (κ3) is 11.4. The summed E-state index contributed by atoms with van der Waals surface area (Å²) in [5.41, 5.74) is 0. The summed E-state index contributed by atoms with van der Waals surface area (Å²) in [6.45, 7) is 8.68. The summed E-state index contributed by atoms with van der Waals surface area (Å²) in [7, 11) is 0. The Labute approximate surface area is 87.6 Å². The van der Waals surface area contributed by atoms with Crippen molar-refractivity contribution in [1.29, 1.82) is 0 Å². The van der Waals surface area contributed by atoms with E-state index in [1.54, 1.807) is 0 Å². The normalized spacial score (nSPS) is 11.4. The largest absolute Gasteiger partial charge is 0.353 e. The Morgan fingerprint density at radius 2 is 2.00 bits per heavy atom. The lowest BCUT2D eigenvalue weighted by molar-refractivity contribution is -0.0701. The molecule has 0 saturated carbocycles. The monoisotopic (exact) mass is 198 g/mol. The maximum absolute atomic E-state index is 5.22. The minimum Gasteiger partial charge on any atom is -0.353 e. The molecule has 0 N–H and O–H groups in total. The van der Waals surface area contributed by atoms with Crippen molar-refractivity contribution in [3.05, 3.63) is 24.8 Å². The van der Waals surface area contributed by atoms with Gasteiger partial charge in [-0.3, -0.25) is 0 Å². The summed E-state index contributed by atoms with van der Waals surface area (Å²) in [5, 5.41) is 0. The van der Waals surface area contributed by atoms with Crippen molar-refractivity contribution in [3.63, 3.8) is 0 Å². The summed E-state index contributed by atoms with van der Waals surface area (Å²) in [6, 6.07) is 0. The zero-order chi connectivity index (χ0) is 10.6. The third-order valence-corrected chi connectivity index (χ3v) is 1.64. The van der Waals surface area contributed by atoms with Crippen LogP contribution in [0, 0.1) is 0 Å². The van der Waals surface area contributed by atoms with Crippen molar-refractivity contribution in [1.82, 2.24) is 0 Å². The Kier molecular flexibility index (Phi) is 10.0. The first-order valence-corrected chi connectivity index (χ1v) is 5.22. The summed E-state index contributed by atoms with van der Waals surface area (Å²) in [4.78, 5) is 0. The summed E-state index contributed by atoms with van der Waals surface area (Å²) in [5.74, 6) is 0. The molecule has 0 aromatic carbocycles. The topological polar surface area (TPSA) is 18.5 Å². The van der Waals surface area contributed by atoms with E-state index in [-0.39, 0.29) is 6.10 Å². The van der Waals surface area contributed by atoms with Crippen molar-refractivity contribution in [3.8, 4) is 0 Å². The molecule has 0 rings (SSSR count). The smallest absolute Gasteiger partial charge is 0.147 e. The van der Waals surface area contributed by atoms with Gasteiger partial charge in [0.25, 0.3) is 0 Å². The van der Waals surface area contributed by atoms with Gasteiger partial charge < -0.3 is 9.47 Å². The van der Waals surface area contributed by atoms with Crippen molar-refractivity contribution in [2.45, 2.75) is 39.2 Å². The van der Waals surface area contributed by atoms with Crippen LogP contribution in [0.3, 0.4) is 0 Å². The predicted molar refractivity (Wildman–Crippen MR) is 60.2 cm³/mol. The van der Waals surface area contributed by atoms with E-state index in [1.165, 1.54) is 6.42 Å². The molecule has 0 amide bonds. The second kappa shape index (κ2) is 10.5. The average molecular weight is 198 g/mol. The molecular formula is C12H22O2. The molecule has 14 heavy (non-hydrogen) atoms. The average Bonchev–Trinajstić information content (AvgIpc) is 2.15. The molecule has 0 aromatic rings. The van der Waals surface area contributed by atoms with Crippen molar-refractivity contribution >= 4 is 0 Å². The highest BCUT2D eigenvalue weighted by atomic mass is 16.7. The number of allylic oxidation sites excluding steroid dienone is 2. The van der Waals surface area contributed by atoms with E-state index < -0.39 is 0 Å². The Balaban J connectivity index is 3.07. The van der Waals surface area contributed by atoms with Crippen LogP contribution in [0.25, 0.3) is 0 Å². The van der Waals surface area contributed by atoms with Gasteiger partial charge in [-0.1, -0.05) is 18.2 Å². The maximum Gasteiger partial charge on any atom is 0.147 e. The zero-order valence-corrected chi connectivity index (χ0v) is 9.37. The SMILES string of the molecule is C=CCCC/C=C/COCOC(C)C. The molecule has 0 spiro atoms. The molecule has 0 aromatic heterocycles. The fraction of sp³-hybridized carbons (Fsp3) is 0.667. The third-order valence-electron chi connectivity index (χ3n) is 1.64. The Morgan fingerprint density at radius 1 is 1.21 bits per heavy atom. The first kappa shape index (κ1) is 13.4. The number of unbranched alkanes of at least 4 members (excludes halogenated alkanes) is 2. The highest BCUT2D eigenvalue weighted by molar-refractivity contribution is 4.82. The van der Waals surface area contributed by atoms with Gasteiger partial charge in [-0.2, -0.15) is 0 Å². The lowest BCUT2D eigenvalue weighted by atomic mass is 10.2. The molecule has 0 radical (unpaired) electrons. The lowest BCUT2D eigenvalue weighted by Gasteiger charge is -2.06. The highest BCUT2D eigenvalue weighted by Gasteiger charge is 1.90. The van der Waals surface area contributed by atoms with E-state index >= 15 is 0 Å². The molecule has 2 heteroatoms. The van der Waals surface area contributed by atoms with E-state index in [1.807, 2.05) is 26.0 Å². The first-order chi connectivity index (χ1) is 6.77. The van der Waals surface area contributed by atoms with Crippen LogP contribution in [0.15, 0.2) is 24.8 Å². The quantitative estimate of drug-likeness (QED) is 0.321. The lowest BCUT2D eigenvalue weighted by Crippen LogP contribution is -2.06. The number of ether oxygens (including phenoxy) is 2. The second-order valence-electron chi connectivity index (χ2n) is 3.40. The van der Waals surface area contributed by atoms with Crippen molar-refractivity contribution in [2.24, 2.45) is 0 Å². The van der Waals surface area contributed by atoms with Gasteiger partial charge in [-0.15, -0.1) is 6.58 Å². The molecule has 0 heterocycles. The molecule has 0 atom stereocenters. The Hall–Kier alpha value is -0.600. The van der Waals surface area contributed by atoms with Crippen molar-refractivity contribution < 1.29 is 9.47 Å². The minimum atomic E-state index is 0.242. The van der Waals surface area contributed by atoms with Gasteiger partial charge in [0.15, 0.2) is 0 Å². The van der Waals surface area contributed by atoms with Crippen LogP contribution in [0.5, 0.6) is 0 Å². The number of hydrogen-bond acceptors (Lipinski definition) is 2.